The van der Waals surface area contributed by atoms with Crippen LogP contribution in [0, 0.1) is 0 Å². The summed E-state index contributed by atoms with van der Waals surface area (Å²) in [7, 11) is 0. The highest BCUT2D eigenvalue weighted by Gasteiger charge is 2.19. The summed E-state index contributed by atoms with van der Waals surface area (Å²) < 4.78 is 5.14. The fourth-order valence-electron chi connectivity index (χ4n) is 2.12. The fourth-order valence-corrected chi connectivity index (χ4v) is 2.30. The molecule has 8 heteroatoms. The summed E-state index contributed by atoms with van der Waals surface area (Å²) >= 11 is 5.80. The second-order valence-electron chi connectivity index (χ2n) is 5.60. The molecule has 0 aromatic heterocycles. The summed E-state index contributed by atoms with van der Waals surface area (Å²) in [6, 6.07) is 10.2. The maximum Gasteiger partial charge on any atom is 0.340 e. The lowest BCUT2D eigenvalue weighted by atomic mass is 10.1. The molecular formula is C19H19ClN2O5. The minimum Gasteiger partial charge on any atom is -0.506 e. The molecule has 0 atom stereocenters. The molecule has 0 saturated heterocycles. The van der Waals surface area contributed by atoms with E-state index in [-0.39, 0.29) is 34.3 Å². The minimum atomic E-state index is -1.03. The van der Waals surface area contributed by atoms with Gasteiger partial charge in [0.05, 0.1) is 23.5 Å². The van der Waals surface area contributed by atoms with Gasteiger partial charge in [0.15, 0.2) is 0 Å². The van der Waals surface area contributed by atoms with Crippen molar-refractivity contribution in [2.45, 2.75) is 19.8 Å². The van der Waals surface area contributed by atoms with Gasteiger partial charge in [-0.25, -0.2) is 4.79 Å². The molecule has 7 nitrogen and oxygen atoms in total. The molecule has 3 N–H and O–H groups in total. The third kappa shape index (κ3) is 5.72. The Morgan fingerprint density at radius 1 is 1.04 bits per heavy atom. The number of phenols is 1. The van der Waals surface area contributed by atoms with Crippen LogP contribution in [0.5, 0.6) is 5.75 Å². The van der Waals surface area contributed by atoms with Crippen molar-refractivity contribution < 1.29 is 24.2 Å². The number of amides is 2. The zero-order chi connectivity index (χ0) is 19.8. The molecule has 142 valence electrons. The Hall–Kier alpha value is -3.06. The van der Waals surface area contributed by atoms with Gasteiger partial charge in [0, 0.05) is 5.02 Å². The van der Waals surface area contributed by atoms with Crippen LogP contribution >= 0.6 is 11.6 Å². The first-order valence-corrected chi connectivity index (χ1v) is 8.67. The van der Waals surface area contributed by atoms with E-state index in [9.17, 15) is 19.5 Å². The Kier molecular flexibility index (Phi) is 7.19. The van der Waals surface area contributed by atoms with Crippen LogP contribution in [0.3, 0.4) is 0 Å². The van der Waals surface area contributed by atoms with E-state index in [1.165, 1.54) is 30.3 Å². The Morgan fingerprint density at radius 3 is 2.41 bits per heavy atom. The van der Waals surface area contributed by atoms with Gasteiger partial charge in [-0.05, 0) is 36.8 Å². The minimum absolute atomic E-state index is 0.00471. The Bertz CT molecular complexity index is 854. The SMILES string of the molecule is CCCCOC(=O)c1ccccc1NC(=O)C(=O)Nc1cc(Cl)ccc1O. The number of phenolic OH excluding ortho intramolecular Hbond substituents is 1. The number of para-hydroxylation sites is 1. The molecular weight excluding hydrogens is 372 g/mol. The van der Waals surface area contributed by atoms with Crippen molar-refractivity contribution in [3.63, 3.8) is 0 Å². The summed E-state index contributed by atoms with van der Waals surface area (Å²) in [5.41, 5.74) is 0.282. The first-order chi connectivity index (χ1) is 12.9. The highest BCUT2D eigenvalue weighted by Crippen LogP contribution is 2.26. The Balaban J connectivity index is 2.08. The van der Waals surface area contributed by atoms with E-state index in [2.05, 4.69) is 10.6 Å². The van der Waals surface area contributed by atoms with Crippen molar-refractivity contribution in [2.24, 2.45) is 0 Å². The van der Waals surface area contributed by atoms with Gasteiger partial charge in [-0.2, -0.15) is 0 Å². The number of hydrogen-bond donors (Lipinski definition) is 3. The van der Waals surface area contributed by atoms with E-state index in [1.54, 1.807) is 12.1 Å². The van der Waals surface area contributed by atoms with Crippen molar-refractivity contribution in [2.75, 3.05) is 17.2 Å². The second-order valence-corrected chi connectivity index (χ2v) is 6.04. The number of nitrogens with one attached hydrogen (secondary N) is 2. The number of ether oxygens (including phenoxy) is 1. The zero-order valence-electron chi connectivity index (χ0n) is 14.6. The second kappa shape index (κ2) is 9.59. The maximum absolute atomic E-state index is 12.2. The molecule has 0 spiro atoms. The van der Waals surface area contributed by atoms with Crippen LogP contribution in [0.1, 0.15) is 30.1 Å². The van der Waals surface area contributed by atoms with Crippen LogP contribution in [0.2, 0.25) is 5.02 Å². The van der Waals surface area contributed by atoms with E-state index in [0.29, 0.717) is 0 Å². The maximum atomic E-state index is 12.2. The molecule has 0 fully saturated rings. The number of unbranched alkanes of at least 4 members (excludes halogenated alkanes) is 1. The topological polar surface area (TPSA) is 105 Å². The van der Waals surface area contributed by atoms with Crippen LogP contribution in [-0.2, 0) is 14.3 Å². The summed E-state index contributed by atoms with van der Waals surface area (Å²) in [5, 5.41) is 14.6. The van der Waals surface area contributed by atoms with Gasteiger partial charge >= 0.3 is 17.8 Å². The molecule has 0 radical (unpaired) electrons. The largest absolute Gasteiger partial charge is 0.506 e. The van der Waals surface area contributed by atoms with Gasteiger partial charge in [0.1, 0.15) is 5.75 Å². The number of esters is 1. The van der Waals surface area contributed by atoms with Gasteiger partial charge < -0.3 is 20.5 Å². The first-order valence-electron chi connectivity index (χ1n) is 8.29. The number of carbonyl (C=O) groups is 3. The Morgan fingerprint density at radius 2 is 1.70 bits per heavy atom. The van der Waals surface area contributed by atoms with Crippen LogP contribution in [0.25, 0.3) is 0 Å². The molecule has 0 aliphatic carbocycles. The molecule has 27 heavy (non-hydrogen) atoms. The van der Waals surface area contributed by atoms with Crippen molar-refractivity contribution in [1.29, 1.82) is 0 Å². The summed E-state index contributed by atoms with van der Waals surface area (Å²) in [6.45, 7) is 2.24. The monoisotopic (exact) mass is 390 g/mol. The van der Waals surface area contributed by atoms with E-state index >= 15 is 0 Å². The standard InChI is InChI=1S/C19H19ClN2O5/c1-2-3-10-27-19(26)13-6-4-5-7-14(13)21-17(24)18(25)22-15-11-12(20)8-9-16(15)23/h4-9,11,23H,2-3,10H2,1H3,(H,21,24)(H,22,25). The molecule has 0 aliphatic rings. The predicted molar refractivity (Wildman–Crippen MR) is 102 cm³/mol. The van der Waals surface area contributed by atoms with Crippen LogP contribution in [0.4, 0.5) is 11.4 Å². The molecule has 2 aromatic carbocycles. The van der Waals surface area contributed by atoms with Crippen molar-refractivity contribution in [3.8, 4) is 5.75 Å². The van der Waals surface area contributed by atoms with Gasteiger partial charge in [-0.1, -0.05) is 37.1 Å². The summed E-state index contributed by atoms with van der Waals surface area (Å²) in [5.74, 6) is -2.86. The smallest absolute Gasteiger partial charge is 0.340 e. The molecule has 0 bridgehead atoms. The third-order valence-corrected chi connectivity index (χ3v) is 3.77. The number of halogens is 1. The third-order valence-electron chi connectivity index (χ3n) is 3.54. The van der Waals surface area contributed by atoms with E-state index < -0.39 is 17.8 Å². The van der Waals surface area contributed by atoms with E-state index in [1.807, 2.05) is 6.92 Å². The van der Waals surface area contributed by atoms with Crippen LogP contribution in [-0.4, -0.2) is 29.5 Å². The van der Waals surface area contributed by atoms with Gasteiger partial charge in [0.2, 0.25) is 0 Å². The van der Waals surface area contributed by atoms with Crippen LogP contribution in [0.15, 0.2) is 42.5 Å². The van der Waals surface area contributed by atoms with E-state index in [0.717, 1.165) is 12.8 Å². The van der Waals surface area contributed by atoms with Crippen molar-refractivity contribution in [3.05, 3.63) is 53.1 Å². The number of rotatable bonds is 6. The normalized spacial score (nSPS) is 10.1. The lowest BCUT2D eigenvalue weighted by Crippen LogP contribution is -2.29. The number of aromatic hydroxyl groups is 1. The molecule has 2 aromatic rings. The molecule has 0 unspecified atom stereocenters. The summed E-state index contributed by atoms with van der Waals surface area (Å²) in [4.78, 5) is 36.4. The molecule has 0 aliphatic heterocycles. The lowest BCUT2D eigenvalue weighted by Gasteiger charge is -2.11. The molecule has 0 saturated carbocycles. The quantitative estimate of drug-likeness (QED) is 0.302. The number of anilines is 2. The Labute approximate surface area is 161 Å². The van der Waals surface area contributed by atoms with Crippen molar-refractivity contribution >= 4 is 40.8 Å². The molecule has 2 amide bonds. The molecule has 0 heterocycles. The average molecular weight is 391 g/mol. The fraction of sp³-hybridized carbons (Fsp3) is 0.211. The van der Waals surface area contributed by atoms with Gasteiger partial charge in [-0.15, -0.1) is 0 Å². The first kappa shape index (κ1) is 20.3. The van der Waals surface area contributed by atoms with Crippen molar-refractivity contribution in [1.82, 2.24) is 0 Å². The number of hydrogen-bond acceptors (Lipinski definition) is 5. The summed E-state index contributed by atoms with van der Waals surface area (Å²) in [6.07, 6.45) is 1.61. The molecule has 2 rings (SSSR count). The highest BCUT2D eigenvalue weighted by molar-refractivity contribution is 6.44. The zero-order valence-corrected chi connectivity index (χ0v) is 15.4. The van der Waals surface area contributed by atoms with Gasteiger partial charge in [-0.3, -0.25) is 9.59 Å². The number of carbonyl (C=O) groups excluding carboxylic acids is 3. The lowest BCUT2D eigenvalue weighted by molar-refractivity contribution is -0.133. The predicted octanol–water partition coefficient (Wildman–Crippen LogP) is 3.58. The van der Waals surface area contributed by atoms with E-state index in [4.69, 9.17) is 16.3 Å². The number of benzene rings is 2. The van der Waals surface area contributed by atoms with Gasteiger partial charge in [0.25, 0.3) is 0 Å². The highest BCUT2D eigenvalue weighted by atomic mass is 35.5. The van der Waals surface area contributed by atoms with Crippen LogP contribution < -0.4 is 10.6 Å². The average Bonchev–Trinajstić information content (AvgIpc) is 2.65.